The van der Waals surface area contributed by atoms with Gasteiger partial charge in [0.15, 0.2) is 0 Å². The lowest BCUT2D eigenvalue weighted by Crippen LogP contribution is -2.08. The molecule has 0 aromatic carbocycles. The van der Waals surface area contributed by atoms with Crippen LogP contribution in [0.3, 0.4) is 0 Å². The number of allylic oxidation sites excluding steroid dienone is 1. The summed E-state index contributed by atoms with van der Waals surface area (Å²) in [5, 5.41) is 0. The summed E-state index contributed by atoms with van der Waals surface area (Å²) in [4.78, 5) is 11.3. The maximum atomic E-state index is 11.3. The van der Waals surface area contributed by atoms with Crippen molar-refractivity contribution in [1.29, 1.82) is 0 Å². The molecule has 0 saturated carbocycles. The molecule has 0 heterocycles. The molecule has 0 aliphatic carbocycles. The maximum absolute atomic E-state index is 11.3. The summed E-state index contributed by atoms with van der Waals surface area (Å²) in [5.74, 6) is -0.252. The summed E-state index contributed by atoms with van der Waals surface area (Å²) in [6, 6.07) is 0. The minimum Gasteiger partial charge on any atom is -0.460 e. The largest absolute Gasteiger partial charge is 0.460 e. The first-order chi connectivity index (χ1) is 8.06. The van der Waals surface area contributed by atoms with Crippen molar-refractivity contribution in [2.75, 3.05) is 0 Å². The second-order valence-electron chi connectivity index (χ2n) is 4.59. The highest BCUT2D eigenvalue weighted by Crippen LogP contribution is 2.16. The molecule has 0 saturated heterocycles. The Bertz CT molecular complexity index is 234. The summed E-state index contributed by atoms with van der Waals surface area (Å²) in [6.45, 7) is 5.93. The van der Waals surface area contributed by atoms with Crippen LogP contribution in [0.15, 0.2) is 10.6 Å². The Kier molecular flexibility index (Phi) is 10.6. The molecule has 0 rings (SSSR count). The fourth-order valence-corrected chi connectivity index (χ4v) is 2.01. The summed E-state index contributed by atoms with van der Waals surface area (Å²) in [5.41, 5.74) is 0. The van der Waals surface area contributed by atoms with E-state index in [1.807, 2.05) is 13.8 Å². The van der Waals surface area contributed by atoms with Crippen LogP contribution >= 0.6 is 15.9 Å². The molecular weight excluding hydrogens is 280 g/mol. The van der Waals surface area contributed by atoms with Crippen molar-refractivity contribution in [3.05, 3.63) is 10.6 Å². The highest BCUT2D eigenvalue weighted by Gasteiger charge is 2.03. The molecule has 0 amide bonds. The van der Waals surface area contributed by atoms with Crippen LogP contribution in [0, 0.1) is 0 Å². The van der Waals surface area contributed by atoms with E-state index in [2.05, 4.69) is 22.9 Å². The lowest BCUT2D eigenvalue weighted by atomic mass is 10.1. The van der Waals surface area contributed by atoms with Gasteiger partial charge in [-0.15, -0.1) is 0 Å². The first-order valence-corrected chi connectivity index (χ1v) is 7.42. The quantitative estimate of drug-likeness (QED) is 0.341. The van der Waals surface area contributed by atoms with Gasteiger partial charge in [-0.05, 0) is 26.7 Å². The number of unbranched alkanes of at least 4 members (excludes halogenated alkanes) is 5. The molecule has 0 N–H and O–H groups in total. The average molecular weight is 305 g/mol. The predicted molar refractivity (Wildman–Crippen MR) is 76.2 cm³/mol. The number of ether oxygens (including phenoxy) is 1. The van der Waals surface area contributed by atoms with Crippen molar-refractivity contribution in [3.8, 4) is 0 Å². The number of rotatable bonds is 9. The highest BCUT2D eigenvalue weighted by molar-refractivity contribution is 9.11. The monoisotopic (exact) mass is 304 g/mol. The third kappa shape index (κ3) is 11.9. The molecule has 0 fully saturated rings. The van der Waals surface area contributed by atoms with Crippen molar-refractivity contribution in [3.63, 3.8) is 0 Å². The number of hydrogen-bond acceptors (Lipinski definition) is 2. The predicted octanol–water partition coefficient (Wildman–Crippen LogP) is 4.97. The smallest absolute Gasteiger partial charge is 0.331 e. The fraction of sp³-hybridized carbons (Fsp3) is 0.786. The second kappa shape index (κ2) is 10.8. The van der Waals surface area contributed by atoms with Crippen molar-refractivity contribution in [2.24, 2.45) is 0 Å². The van der Waals surface area contributed by atoms with Gasteiger partial charge in [-0.25, -0.2) is 4.79 Å². The molecule has 100 valence electrons. The van der Waals surface area contributed by atoms with Gasteiger partial charge in [0.05, 0.1) is 6.10 Å². The van der Waals surface area contributed by atoms with Crippen LogP contribution in [-0.4, -0.2) is 12.1 Å². The normalized spacial score (nSPS) is 11.9. The highest BCUT2D eigenvalue weighted by atomic mass is 79.9. The van der Waals surface area contributed by atoms with Crippen LogP contribution in [0.25, 0.3) is 0 Å². The second-order valence-corrected chi connectivity index (χ2v) is 5.61. The van der Waals surface area contributed by atoms with E-state index in [4.69, 9.17) is 4.74 Å². The maximum Gasteiger partial charge on any atom is 0.331 e. The van der Waals surface area contributed by atoms with Gasteiger partial charge < -0.3 is 4.74 Å². The minimum atomic E-state index is -0.252. The lowest BCUT2D eigenvalue weighted by molar-refractivity contribution is -0.141. The van der Waals surface area contributed by atoms with Crippen molar-refractivity contribution < 1.29 is 9.53 Å². The van der Waals surface area contributed by atoms with E-state index in [1.54, 1.807) is 6.08 Å². The molecule has 3 heteroatoms. The Labute approximate surface area is 114 Å². The Morgan fingerprint density at radius 3 is 2.35 bits per heavy atom. The Balaban J connectivity index is 3.60. The van der Waals surface area contributed by atoms with Crippen LogP contribution in [0.5, 0.6) is 0 Å². The molecule has 0 aromatic heterocycles. The topological polar surface area (TPSA) is 26.3 Å². The van der Waals surface area contributed by atoms with Crippen molar-refractivity contribution in [2.45, 2.75) is 71.8 Å². The summed E-state index contributed by atoms with van der Waals surface area (Å²) in [7, 11) is 0. The molecule has 17 heavy (non-hydrogen) atoms. The van der Waals surface area contributed by atoms with Gasteiger partial charge in [0.1, 0.15) is 0 Å². The molecule has 0 atom stereocenters. The van der Waals surface area contributed by atoms with Crippen molar-refractivity contribution >= 4 is 21.9 Å². The van der Waals surface area contributed by atoms with E-state index in [9.17, 15) is 4.79 Å². The summed E-state index contributed by atoms with van der Waals surface area (Å²) in [6.07, 6.45) is 10.0. The average Bonchev–Trinajstić information content (AvgIpc) is 2.21. The van der Waals surface area contributed by atoms with Crippen LogP contribution in [-0.2, 0) is 9.53 Å². The zero-order valence-electron chi connectivity index (χ0n) is 11.3. The molecule has 0 aromatic rings. The third-order valence-corrected chi connectivity index (χ3v) is 3.02. The number of halogens is 1. The molecule has 2 nitrogen and oxygen atoms in total. The molecular formula is C14H25BrO2. The Morgan fingerprint density at radius 2 is 1.76 bits per heavy atom. The Hall–Kier alpha value is -0.310. The van der Waals surface area contributed by atoms with E-state index in [-0.39, 0.29) is 12.1 Å². The molecule has 0 spiro atoms. The van der Waals surface area contributed by atoms with Gasteiger partial charge in [0.25, 0.3) is 0 Å². The first kappa shape index (κ1) is 16.7. The van der Waals surface area contributed by atoms with Gasteiger partial charge in [0, 0.05) is 10.6 Å². The zero-order chi connectivity index (χ0) is 13.1. The SMILES string of the molecule is CCCCCCCCC(Br)=CC(=O)OC(C)C. The van der Waals surface area contributed by atoms with E-state index in [0.29, 0.717) is 0 Å². The van der Waals surface area contributed by atoms with Gasteiger partial charge in [-0.2, -0.15) is 0 Å². The van der Waals surface area contributed by atoms with Gasteiger partial charge in [-0.3, -0.25) is 0 Å². The van der Waals surface area contributed by atoms with Crippen LogP contribution in [0.1, 0.15) is 65.7 Å². The minimum absolute atomic E-state index is 0.0481. The van der Waals surface area contributed by atoms with Crippen LogP contribution < -0.4 is 0 Å². The van der Waals surface area contributed by atoms with Gasteiger partial charge >= 0.3 is 5.97 Å². The summed E-state index contributed by atoms with van der Waals surface area (Å²) >= 11 is 3.41. The standard InChI is InChI=1S/C14H25BrO2/c1-4-5-6-7-8-9-10-13(15)11-14(16)17-12(2)3/h11-12H,4-10H2,1-3H3. The lowest BCUT2D eigenvalue weighted by Gasteiger charge is -2.05. The molecule has 0 bridgehead atoms. The zero-order valence-corrected chi connectivity index (χ0v) is 12.9. The Morgan fingerprint density at radius 1 is 1.18 bits per heavy atom. The number of carbonyl (C=O) groups is 1. The number of hydrogen-bond donors (Lipinski definition) is 0. The van der Waals surface area contributed by atoms with Crippen molar-refractivity contribution in [1.82, 2.24) is 0 Å². The first-order valence-electron chi connectivity index (χ1n) is 6.63. The fourth-order valence-electron chi connectivity index (χ4n) is 1.54. The van der Waals surface area contributed by atoms with Gasteiger partial charge in [-0.1, -0.05) is 55.0 Å². The van der Waals surface area contributed by atoms with Crippen LogP contribution in [0.4, 0.5) is 0 Å². The van der Waals surface area contributed by atoms with Crippen LogP contribution in [0.2, 0.25) is 0 Å². The summed E-state index contributed by atoms with van der Waals surface area (Å²) < 4.78 is 5.98. The van der Waals surface area contributed by atoms with Gasteiger partial charge in [0.2, 0.25) is 0 Å². The molecule has 0 radical (unpaired) electrons. The molecule has 0 unspecified atom stereocenters. The third-order valence-electron chi connectivity index (χ3n) is 2.40. The number of carbonyl (C=O) groups excluding carboxylic acids is 1. The molecule has 0 aliphatic heterocycles. The molecule has 0 aliphatic rings. The van der Waals surface area contributed by atoms with E-state index in [0.717, 1.165) is 17.3 Å². The van der Waals surface area contributed by atoms with E-state index < -0.39 is 0 Å². The van der Waals surface area contributed by atoms with E-state index in [1.165, 1.54) is 32.1 Å². The number of esters is 1. The van der Waals surface area contributed by atoms with E-state index >= 15 is 0 Å².